The number of nitriles is 1. The summed E-state index contributed by atoms with van der Waals surface area (Å²) in [6.07, 6.45) is -0.650. The third kappa shape index (κ3) is 3.74. The van der Waals surface area contributed by atoms with Gasteiger partial charge < -0.3 is 15.2 Å². The van der Waals surface area contributed by atoms with Crippen molar-refractivity contribution in [2.24, 2.45) is 0 Å². The molecule has 0 heterocycles. The average Bonchev–Trinajstić information content (AvgIpc) is 2.52. The maximum Gasteiger partial charge on any atom is 0.141 e. The van der Waals surface area contributed by atoms with Gasteiger partial charge in [-0.1, -0.05) is 18.2 Å². The van der Waals surface area contributed by atoms with Crippen LogP contribution >= 0.6 is 0 Å². The molecule has 0 radical (unpaired) electrons. The highest BCUT2D eigenvalue weighted by molar-refractivity contribution is 5.58. The van der Waals surface area contributed by atoms with Gasteiger partial charge in [-0.25, -0.2) is 0 Å². The molecular weight excluding hydrogens is 264 g/mol. The second-order valence-electron chi connectivity index (χ2n) is 4.83. The summed E-state index contributed by atoms with van der Waals surface area (Å²) < 4.78 is 5.29. The summed E-state index contributed by atoms with van der Waals surface area (Å²) in [6.45, 7) is 2.37. The summed E-state index contributed by atoms with van der Waals surface area (Å²) in [5.41, 5.74) is 3.32. The van der Waals surface area contributed by atoms with Crippen LogP contribution in [0.1, 0.15) is 22.8 Å². The quantitative estimate of drug-likeness (QED) is 0.884. The van der Waals surface area contributed by atoms with E-state index in [4.69, 9.17) is 10.00 Å². The molecule has 21 heavy (non-hydrogen) atoms. The second-order valence-corrected chi connectivity index (χ2v) is 4.83. The van der Waals surface area contributed by atoms with E-state index in [1.165, 1.54) is 0 Å². The number of nitrogens with zero attached hydrogens (tertiary/aromatic N) is 1. The van der Waals surface area contributed by atoms with Gasteiger partial charge in [0.1, 0.15) is 5.75 Å². The van der Waals surface area contributed by atoms with Gasteiger partial charge in [0.25, 0.3) is 0 Å². The highest BCUT2D eigenvalue weighted by Crippen LogP contribution is 2.26. The molecular formula is C17H18N2O2. The standard InChI is InChI=1S/C17H18N2O2/c1-12-3-8-17(21-2)15(9-12)19-11-16(20)14-6-4-13(10-18)5-7-14/h3-9,16,19-20H,11H2,1-2H3. The molecule has 1 unspecified atom stereocenters. The van der Waals surface area contributed by atoms with E-state index < -0.39 is 6.10 Å². The van der Waals surface area contributed by atoms with Crippen molar-refractivity contribution in [1.29, 1.82) is 5.26 Å². The van der Waals surface area contributed by atoms with Crippen LogP contribution in [-0.4, -0.2) is 18.8 Å². The first kappa shape index (κ1) is 14.9. The molecule has 0 fully saturated rings. The number of methoxy groups -OCH3 is 1. The van der Waals surface area contributed by atoms with E-state index in [2.05, 4.69) is 11.4 Å². The molecule has 0 aromatic heterocycles. The Kier molecular flexibility index (Phi) is 4.81. The average molecular weight is 282 g/mol. The largest absolute Gasteiger partial charge is 0.495 e. The molecule has 108 valence electrons. The smallest absolute Gasteiger partial charge is 0.141 e. The first-order valence-electron chi connectivity index (χ1n) is 6.70. The summed E-state index contributed by atoms with van der Waals surface area (Å²) >= 11 is 0. The second kappa shape index (κ2) is 6.78. The summed E-state index contributed by atoms with van der Waals surface area (Å²) in [5, 5.41) is 22.1. The molecule has 0 aliphatic rings. The van der Waals surface area contributed by atoms with Gasteiger partial charge in [-0.3, -0.25) is 0 Å². The van der Waals surface area contributed by atoms with Crippen LogP contribution in [0.15, 0.2) is 42.5 Å². The number of anilines is 1. The van der Waals surface area contributed by atoms with Crippen LogP contribution in [0.2, 0.25) is 0 Å². The van der Waals surface area contributed by atoms with Crippen molar-refractivity contribution in [3.8, 4) is 11.8 Å². The number of aliphatic hydroxyl groups excluding tert-OH is 1. The van der Waals surface area contributed by atoms with Crippen LogP contribution in [-0.2, 0) is 0 Å². The van der Waals surface area contributed by atoms with Crippen molar-refractivity contribution in [1.82, 2.24) is 0 Å². The van der Waals surface area contributed by atoms with Crippen molar-refractivity contribution in [2.75, 3.05) is 19.0 Å². The monoisotopic (exact) mass is 282 g/mol. The van der Waals surface area contributed by atoms with E-state index in [0.717, 1.165) is 22.6 Å². The molecule has 2 N–H and O–H groups in total. The molecule has 4 nitrogen and oxygen atoms in total. The zero-order chi connectivity index (χ0) is 15.2. The third-order valence-electron chi connectivity index (χ3n) is 3.27. The van der Waals surface area contributed by atoms with Crippen molar-refractivity contribution < 1.29 is 9.84 Å². The van der Waals surface area contributed by atoms with Gasteiger partial charge in [0, 0.05) is 6.54 Å². The molecule has 0 aliphatic carbocycles. The predicted octanol–water partition coefficient (Wildman–Crippen LogP) is 3.02. The molecule has 0 amide bonds. The Labute approximate surface area is 124 Å². The number of hydrogen-bond acceptors (Lipinski definition) is 4. The van der Waals surface area contributed by atoms with E-state index >= 15 is 0 Å². The Balaban J connectivity index is 2.05. The van der Waals surface area contributed by atoms with Crippen LogP contribution in [0.5, 0.6) is 5.75 Å². The highest BCUT2D eigenvalue weighted by atomic mass is 16.5. The maximum absolute atomic E-state index is 10.2. The lowest BCUT2D eigenvalue weighted by molar-refractivity contribution is 0.191. The molecule has 0 saturated heterocycles. The molecule has 0 spiro atoms. The number of aliphatic hydroxyl groups is 1. The topological polar surface area (TPSA) is 65.3 Å². The first-order valence-corrected chi connectivity index (χ1v) is 6.70. The zero-order valence-corrected chi connectivity index (χ0v) is 12.1. The van der Waals surface area contributed by atoms with Gasteiger partial charge in [-0.05, 0) is 42.3 Å². The summed E-state index contributed by atoms with van der Waals surface area (Å²) in [7, 11) is 1.62. The minimum Gasteiger partial charge on any atom is -0.495 e. The van der Waals surface area contributed by atoms with Gasteiger partial charge >= 0.3 is 0 Å². The Morgan fingerprint density at radius 1 is 1.24 bits per heavy atom. The van der Waals surface area contributed by atoms with Gasteiger partial charge in [0.05, 0.1) is 30.5 Å². The molecule has 0 aliphatic heterocycles. The van der Waals surface area contributed by atoms with Gasteiger partial charge in [0.2, 0.25) is 0 Å². The van der Waals surface area contributed by atoms with E-state index in [1.807, 2.05) is 25.1 Å². The highest BCUT2D eigenvalue weighted by Gasteiger charge is 2.09. The van der Waals surface area contributed by atoms with Gasteiger partial charge in [-0.15, -0.1) is 0 Å². The summed E-state index contributed by atoms with van der Waals surface area (Å²) in [4.78, 5) is 0. The van der Waals surface area contributed by atoms with E-state index in [9.17, 15) is 5.11 Å². The van der Waals surface area contributed by atoms with Crippen molar-refractivity contribution in [3.63, 3.8) is 0 Å². The Bertz CT molecular complexity index is 645. The van der Waals surface area contributed by atoms with Crippen LogP contribution < -0.4 is 10.1 Å². The fourth-order valence-electron chi connectivity index (χ4n) is 2.06. The van der Waals surface area contributed by atoms with E-state index in [1.54, 1.807) is 31.4 Å². The Morgan fingerprint density at radius 3 is 2.57 bits per heavy atom. The molecule has 0 bridgehead atoms. The minimum atomic E-state index is -0.650. The number of benzene rings is 2. The molecule has 0 saturated carbocycles. The summed E-state index contributed by atoms with van der Waals surface area (Å²) in [6, 6.07) is 14.8. The number of aryl methyl sites for hydroxylation is 1. The number of nitrogens with one attached hydrogen (secondary N) is 1. The van der Waals surface area contributed by atoms with Gasteiger partial charge in [0.15, 0.2) is 0 Å². The molecule has 2 aromatic rings. The predicted molar refractivity (Wildman–Crippen MR) is 82.3 cm³/mol. The Morgan fingerprint density at radius 2 is 1.95 bits per heavy atom. The lowest BCUT2D eigenvalue weighted by atomic mass is 10.1. The molecule has 1 atom stereocenters. The molecule has 2 rings (SSSR count). The van der Waals surface area contributed by atoms with Crippen LogP contribution in [0.25, 0.3) is 0 Å². The number of hydrogen-bond donors (Lipinski definition) is 2. The van der Waals surface area contributed by atoms with E-state index in [-0.39, 0.29) is 0 Å². The number of ether oxygens (including phenoxy) is 1. The van der Waals surface area contributed by atoms with E-state index in [0.29, 0.717) is 12.1 Å². The SMILES string of the molecule is COc1ccc(C)cc1NCC(O)c1ccc(C#N)cc1. The first-order chi connectivity index (χ1) is 10.1. The van der Waals surface area contributed by atoms with Crippen molar-refractivity contribution >= 4 is 5.69 Å². The fraction of sp³-hybridized carbons (Fsp3) is 0.235. The van der Waals surface area contributed by atoms with Crippen molar-refractivity contribution in [3.05, 3.63) is 59.2 Å². The third-order valence-corrected chi connectivity index (χ3v) is 3.27. The normalized spacial score (nSPS) is 11.5. The number of rotatable bonds is 5. The fourth-order valence-corrected chi connectivity index (χ4v) is 2.06. The van der Waals surface area contributed by atoms with Crippen LogP contribution in [0.4, 0.5) is 5.69 Å². The van der Waals surface area contributed by atoms with Gasteiger partial charge in [-0.2, -0.15) is 5.26 Å². The lowest BCUT2D eigenvalue weighted by Gasteiger charge is -2.16. The molecule has 4 heteroatoms. The lowest BCUT2D eigenvalue weighted by Crippen LogP contribution is -2.12. The van der Waals surface area contributed by atoms with Crippen LogP contribution in [0, 0.1) is 18.3 Å². The summed E-state index contributed by atoms with van der Waals surface area (Å²) in [5.74, 6) is 0.743. The zero-order valence-electron chi connectivity index (χ0n) is 12.1. The van der Waals surface area contributed by atoms with Crippen LogP contribution in [0.3, 0.4) is 0 Å². The minimum absolute atomic E-state index is 0.367. The molecule has 2 aromatic carbocycles. The van der Waals surface area contributed by atoms with Crippen molar-refractivity contribution in [2.45, 2.75) is 13.0 Å². The maximum atomic E-state index is 10.2. The Hall–Kier alpha value is -2.51.